The van der Waals surface area contributed by atoms with E-state index in [1.54, 1.807) is 37.4 Å². The summed E-state index contributed by atoms with van der Waals surface area (Å²) in [7, 11) is 1.55. The van der Waals surface area contributed by atoms with Gasteiger partial charge in [0.15, 0.2) is 0 Å². The molecule has 1 amide bonds. The van der Waals surface area contributed by atoms with Crippen LogP contribution in [0.15, 0.2) is 71.5 Å². The Kier molecular flexibility index (Phi) is 4.43. The van der Waals surface area contributed by atoms with Crippen LogP contribution >= 0.6 is 0 Å². The van der Waals surface area contributed by atoms with Crippen LogP contribution < -0.4 is 15.6 Å². The van der Waals surface area contributed by atoms with E-state index in [0.717, 1.165) is 5.56 Å². The number of ether oxygens (including phenoxy) is 1. The zero-order chi connectivity index (χ0) is 16.9. The summed E-state index contributed by atoms with van der Waals surface area (Å²) in [6, 6.07) is 19.6. The maximum Gasteiger partial charge on any atom is 0.261 e. The number of amides is 1. The molecule has 1 aromatic heterocycles. The molecule has 5 nitrogen and oxygen atoms in total. The summed E-state index contributed by atoms with van der Waals surface area (Å²) in [6.45, 7) is 0. The Morgan fingerprint density at radius 2 is 1.79 bits per heavy atom. The second kappa shape index (κ2) is 6.83. The van der Waals surface area contributed by atoms with E-state index in [2.05, 4.69) is 10.3 Å². The van der Waals surface area contributed by atoms with Crippen molar-refractivity contribution < 1.29 is 9.53 Å². The Labute approximate surface area is 138 Å². The molecule has 0 aliphatic heterocycles. The fourth-order valence-electron chi connectivity index (χ4n) is 2.34. The molecule has 0 atom stereocenters. The van der Waals surface area contributed by atoms with Crippen molar-refractivity contribution in [2.24, 2.45) is 0 Å². The number of anilines is 1. The summed E-state index contributed by atoms with van der Waals surface area (Å²) in [5.74, 6) is 0.158. The molecular formula is C19H16N2O3. The van der Waals surface area contributed by atoms with Crippen molar-refractivity contribution >= 4 is 11.6 Å². The van der Waals surface area contributed by atoms with Crippen LogP contribution in [0.3, 0.4) is 0 Å². The number of hydrogen-bond acceptors (Lipinski definition) is 3. The first kappa shape index (κ1) is 15.6. The van der Waals surface area contributed by atoms with Gasteiger partial charge in [0, 0.05) is 17.4 Å². The summed E-state index contributed by atoms with van der Waals surface area (Å²) in [6.07, 6.45) is 0. The summed E-state index contributed by atoms with van der Waals surface area (Å²) >= 11 is 0. The molecule has 120 valence electrons. The zero-order valence-electron chi connectivity index (χ0n) is 13.1. The lowest BCUT2D eigenvalue weighted by molar-refractivity contribution is 0.102. The van der Waals surface area contributed by atoms with Gasteiger partial charge in [-0.05, 0) is 29.8 Å². The highest BCUT2D eigenvalue weighted by atomic mass is 16.5. The van der Waals surface area contributed by atoms with E-state index in [-0.39, 0.29) is 5.56 Å². The maximum atomic E-state index is 12.3. The fraction of sp³-hybridized carbons (Fsp3) is 0.0526. The number of carbonyl (C=O) groups is 1. The molecule has 0 saturated heterocycles. The number of hydrogen-bond donors (Lipinski definition) is 2. The molecule has 0 bridgehead atoms. The number of benzene rings is 2. The van der Waals surface area contributed by atoms with Crippen LogP contribution in [-0.2, 0) is 0 Å². The first-order chi connectivity index (χ1) is 11.7. The van der Waals surface area contributed by atoms with Crippen LogP contribution in [0.5, 0.6) is 5.75 Å². The number of methoxy groups -OCH3 is 1. The van der Waals surface area contributed by atoms with Gasteiger partial charge in [0.1, 0.15) is 11.3 Å². The third-order valence-corrected chi connectivity index (χ3v) is 3.57. The van der Waals surface area contributed by atoms with Crippen LogP contribution in [0.2, 0.25) is 0 Å². The highest BCUT2D eigenvalue weighted by molar-refractivity contribution is 6.04. The molecule has 3 rings (SSSR count). The van der Waals surface area contributed by atoms with Gasteiger partial charge in [-0.1, -0.05) is 36.4 Å². The van der Waals surface area contributed by atoms with Crippen LogP contribution in [-0.4, -0.2) is 18.0 Å². The highest BCUT2D eigenvalue weighted by Gasteiger charge is 2.12. The number of aromatic amines is 1. The fourth-order valence-corrected chi connectivity index (χ4v) is 2.34. The van der Waals surface area contributed by atoms with E-state index in [9.17, 15) is 9.59 Å². The highest BCUT2D eigenvalue weighted by Crippen LogP contribution is 2.18. The molecule has 0 fully saturated rings. The van der Waals surface area contributed by atoms with E-state index in [1.807, 2.05) is 30.3 Å². The Hall–Kier alpha value is -3.34. The molecular weight excluding hydrogens is 304 g/mol. The van der Waals surface area contributed by atoms with Crippen LogP contribution in [0, 0.1) is 0 Å². The minimum absolute atomic E-state index is 0.0532. The SMILES string of the molecule is COc1cccc(NC(=O)c2ccc(-c3ccccc3)[nH]c2=O)c1. The maximum absolute atomic E-state index is 12.3. The monoisotopic (exact) mass is 320 g/mol. The van der Waals surface area contributed by atoms with E-state index in [4.69, 9.17) is 4.74 Å². The van der Waals surface area contributed by atoms with Crippen LogP contribution in [0.4, 0.5) is 5.69 Å². The van der Waals surface area contributed by atoms with Crippen LogP contribution in [0.25, 0.3) is 11.3 Å². The van der Waals surface area contributed by atoms with Gasteiger partial charge in [-0.3, -0.25) is 9.59 Å². The standard InChI is InChI=1S/C19H16N2O3/c1-24-15-9-5-8-14(12-15)20-18(22)16-10-11-17(21-19(16)23)13-6-3-2-4-7-13/h2-12H,1H3,(H,20,22)(H,21,23). The van der Waals surface area contributed by atoms with E-state index in [1.165, 1.54) is 6.07 Å². The second-order valence-electron chi connectivity index (χ2n) is 5.17. The van der Waals surface area contributed by atoms with Gasteiger partial charge in [-0.25, -0.2) is 0 Å². The first-order valence-corrected chi connectivity index (χ1v) is 7.41. The smallest absolute Gasteiger partial charge is 0.261 e. The van der Waals surface area contributed by atoms with Crippen molar-refractivity contribution in [1.82, 2.24) is 4.98 Å². The third kappa shape index (κ3) is 3.35. The third-order valence-electron chi connectivity index (χ3n) is 3.57. The molecule has 0 saturated carbocycles. The summed E-state index contributed by atoms with van der Waals surface area (Å²) in [5.41, 5.74) is 1.73. The Morgan fingerprint density at radius 1 is 1.00 bits per heavy atom. The number of rotatable bonds is 4. The minimum atomic E-state index is -0.468. The molecule has 3 aromatic rings. The van der Waals surface area contributed by atoms with Gasteiger partial charge in [0.05, 0.1) is 7.11 Å². The zero-order valence-corrected chi connectivity index (χ0v) is 13.1. The Balaban J connectivity index is 1.84. The number of aromatic nitrogens is 1. The largest absolute Gasteiger partial charge is 0.497 e. The number of H-pyrrole nitrogens is 1. The van der Waals surface area contributed by atoms with Gasteiger partial charge in [-0.15, -0.1) is 0 Å². The number of carbonyl (C=O) groups excluding carboxylic acids is 1. The van der Waals surface area contributed by atoms with Crippen molar-refractivity contribution in [2.75, 3.05) is 12.4 Å². The number of pyridine rings is 1. The lowest BCUT2D eigenvalue weighted by Crippen LogP contribution is -2.23. The topological polar surface area (TPSA) is 71.2 Å². The predicted octanol–water partition coefficient (Wildman–Crippen LogP) is 3.30. The van der Waals surface area contributed by atoms with Crippen molar-refractivity contribution in [3.05, 3.63) is 82.6 Å². The van der Waals surface area contributed by atoms with Gasteiger partial charge >= 0.3 is 0 Å². The second-order valence-corrected chi connectivity index (χ2v) is 5.17. The normalized spacial score (nSPS) is 10.2. The molecule has 2 aromatic carbocycles. The van der Waals surface area contributed by atoms with Gasteiger partial charge in [0.2, 0.25) is 0 Å². The van der Waals surface area contributed by atoms with E-state index in [0.29, 0.717) is 17.1 Å². The van der Waals surface area contributed by atoms with Crippen molar-refractivity contribution in [2.45, 2.75) is 0 Å². The lowest BCUT2D eigenvalue weighted by atomic mass is 10.1. The van der Waals surface area contributed by atoms with Crippen molar-refractivity contribution in [3.8, 4) is 17.0 Å². The van der Waals surface area contributed by atoms with Gasteiger partial charge < -0.3 is 15.0 Å². The molecule has 24 heavy (non-hydrogen) atoms. The Bertz CT molecular complexity index is 917. The molecule has 0 aliphatic carbocycles. The van der Waals surface area contributed by atoms with Gasteiger partial charge in [0.25, 0.3) is 11.5 Å². The predicted molar refractivity (Wildman–Crippen MR) is 93.4 cm³/mol. The summed E-state index contributed by atoms with van der Waals surface area (Å²) in [4.78, 5) is 27.3. The van der Waals surface area contributed by atoms with Crippen molar-refractivity contribution in [3.63, 3.8) is 0 Å². The average Bonchev–Trinajstić information content (AvgIpc) is 2.62. The van der Waals surface area contributed by atoms with E-state index >= 15 is 0 Å². The van der Waals surface area contributed by atoms with Gasteiger partial charge in [-0.2, -0.15) is 0 Å². The molecule has 5 heteroatoms. The molecule has 2 N–H and O–H groups in total. The molecule has 0 aliphatic rings. The average molecular weight is 320 g/mol. The lowest BCUT2D eigenvalue weighted by Gasteiger charge is -2.07. The van der Waals surface area contributed by atoms with E-state index < -0.39 is 11.5 Å². The minimum Gasteiger partial charge on any atom is -0.497 e. The molecule has 0 unspecified atom stereocenters. The molecule has 0 radical (unpaired) electrons. The van der Waals surface area contributed by atoms with Crippen molar-refractivity contribution in [1.29, 1.82) is 0 Å². The number of nitrogens with one attached hydrogen (secondary N) is 2. The summed E-state index contributed by atoms with van der Waals surface area (Å²) in [5, 5.41) is 2.69. The molecule has 0 spiro atoms. The van der Waals surface area contributed by atoms with Crippen LogP contribution in [0.1, 0.15) is 10.4 Å². The quantitative estimate of drug-likeness (QED) is 0.775. The first-order valence-electron chi connectivity index (χ1n) is 7.41. The Morgan fingerprint density at radius 3 is 2.50 bits per heavy atom. The summed E-state index contributed by atoms with van der Waals surface area (Å²) < 4.78 is 5.11. The molecule has 1 heterocycles.